The van der Waals surface area contributed by atoms with Crippen LogP contribution < -0.4 is 0 Å². The van der Waals surface area contributed by atoms with Crippen molar-refractivity contribution in [2.24, 2.45) is 0 Å². The van der Waals surface area contributed by atoms with Gasteiger partial charge >= 0.3 is 0 Å². The number of benzene rings is 3. The van der Waals surface area contributed by atoms with Gasteiger partial charge in [0.15, 0.2) is 11.0 Å². The Labute approximate surface area is 178 Å². The van der Waals surface area contributed by atoms with E-state index in [1.165, 1.54) is 16.3 Å². The fourth-order valence-corrected chi connectivity index (χ4v) is 4.35. The highest BCUT2D eigenvalue weighted by molar-refractivity contribution is 7.98. The molecule has 0 radical (unpaired) electrons. The third-order valence-electron chi connectivity index (χ3n) is 4.44. The third kappa shape index (κ3) is 3.81. The topological polar surface area (TPSA) is 30.7 Å². The van der Waals surface area contributed by atoms with Gasteiger partial charge in [0.2, 0.25) is 0 Å². The van der Waals surface area contributed by atoms with Crippen molar-refractivity contribution in [2.45, 2.75) is 17.5 Å². The summed E-state index contributed by atoms with van der Waals surface area (Å²) in [5.41, 5.74) is 2.15. The number of rotatable bonds is 6. The number of halogens is 2. The highest BCUT2D eigenvalue weighted by Crippen LogP contribution is 2.31. The summed E-state index contributed by atoms with van der Waals surface area (Å²) in [6.07, 6.45) is 1.84. The van der Waals surface area contributed by atoms with Gasteiger partial charge in [0, 0.05) is 17.9 Å². The lowest BCUT2D eigenvalue weighted by molar-refractivity contribution is 0.731. The van der Waals surface area contributed by atoms with E-state index in [4.69, 9.17) is 23.2 Å². The van der Waals surface area contributed by atoms with E-state index in [0.717, 1.165) is 22.3 Å². The first kappa shape index (κ1) is 19.1. The van der Waals surface area contributed by atoms with Crippen molar-refractivity contribution in [3.63, 3.8) is 0 Å². The van der Waals surface area contributed by atoms with E-state index >= 15 is 0 Å². The predicted octanol–water partition coefficient (Wildman–Crippen LogP) is 6.88. The van der Waals surface area contributed by atoms with Crippen LogP contribution in [-0.2, 0) is 12.3 Å². The van der Waals surface area contributed by atoms with Gasteiger partial charge in [0.05, 0.1) is 10.0 Å². The van der Waals surface area contributed by atoms with Gasteiger partial charge in [-0.05, 0) is 34.5 Å². The molecule has 3 nitrogen and oxygen atoms in total. The minimum absolute atomic E-state index is 0.497. The van der Waals surface area contributed by atoms with Gasteiger partial charge in [-0.15, -0.1) is 16.8 Å². The second-order valence-corrected chi connectivity index (χ2v) is 8.02. The molecular weight excluding hydrogens is 409 g/mol. The summed E-state index contributed by atoms with van der Waals surface area (Å²) in [6.45, 7) is 4.48. The molecule has 0 aliphatic carbocycles. The van der Waals surface area contributed by atoms with Crippen LogP contribution in [-0.4, -0.2) is 14.8 Å². The molecule has 0 amide bonds. The zero-order valence-corrected chi connectivity index (χ0v) is 17.3. The Bertz CT molecular complexity index is 1150. The van der Waals surface area contributed by atoms with E-state index in [-0.39, 0.29) is 0 Å². The van der Waals surface area contributed by atoms with Gasteiger partial charge in [-0.3, -0.25) is 4.57 Å². The Morgan fingerprint density at radius 3 is 2.61 bits per heavy atom. The van der Waals surface area contributed by atoms with Crippen LogP contribution in [0, 0.1) is 0 Å². The van der Waals surface area contributed by atoms with Crippen LogP contribution in [0.5, 0.6) is 0 Å². The largest absolute Gasteiger partial charge is 0.298 e. The van der Waals surface area contributed by atoms with E-state index in [1.54, 1.807) is 17.8 Å². The summed E-state index contributed by atoms with van der Waals surface area (Å²) in [5.74, 6) is 1.55. The minimum Gasteiger partial charge on any atom is -0.298 e. The summed E-state index contributed by atoms with van der Waals surface area (Å²) in [7, 11) is 0. The zero-order valence-electron chi connectivity index (χ0n) is 15.0. The number of hydrogen-bond donors (Lipinski definition) is 0. The van der Waals surface area contributed by atoms with Crippen molar-refractivity contribution in [3.05, 3.63) is 88.9 Å². The molecule has 0 aliphatic heterocycles. The van der Waals surface area contributed by atoms with E-state index in [0.29, 0.717) is 16.6 Å². The van der Waals surface area contributed by atoms with Gasteiger partial charge in [0.25, 0.3) is 0 Å². The summed E-state index contributed by atoms with van der Waals surface area (Å²) in [5, 5.41) is 13.2. The SMILES string of the molecule is C=CCn1c(SCc2cccc3ccccc23)nnc1-c1ccc(Cl)c(Cl)c1. The van der Waals surface area contributed by atoms with Gasteiger partial charge < -0.3 is 0 Å². The number of hydrogen-bond acceptors (Lipinski definition) is 3. The lowest BCUT2D eigenvalue weighted by Gasteiger charge is -2.09. The van der Waals surface area contributed by atoms with Crippen LogP contribution in [0.2, 0.25) is 10.0 Å². The van der Waals surface area contributed by atoms with Crippen LogP contribution in [0.1, 0.15) is 5.56 Å². The Kier molecular flexibility index (Phi) is 5.72. The Morgan fingerprint density at radius 1 is 0.964 bits per heavy atom. The normalized spacial score (nSPS) is 11.1. The first-order chi connectivity index (χ1) is 13.7. The standard InChI is InChI=1S/C22H17Cl2N3S/c1-2-12-27-21(16-10-11-19(23)20(24)13-16)25-26-22(27)28-14-17-8-5-7-15-6-3-4-9-18(15)17/h2-11,13H,1,12,14H2. The predicted molar refractivity (Wildman–Crippen MR) is 119 cm³/mol. The highest BCUT2D eigenvalue weighted by atomic mass is 35.5. The minimum atomic E-state index is 0.497. The van der Waals surface area contributed by atoms with E-state index in [9.17, 15) is 0 Å². The first-order valence-corrected chi connectivity index (χ1v) is 10.5. The maximum absolute atomic E-state index is 6.18. The van der Waals surface area contributed by atoms with Gasteiger partial charge in [0.1, 0.15) is 0 Å². The van der Waals surface area contributed by atoms with Crippen LogP contribution >= 0.6 is 35.0 Å². The summed E-state index contributed by atoms with van der Waals surface area (Å²) >= 11 is 13.9. The van der Waals surface area contributed by atoms with Crippen molar-refractivity contribution >= 4 is 45.7 Å². The molecule has 6 heteroatoms. The quantitative estimate of drug-likeness (QED) is 0.249. The number of nitrogens with zero attached hydrogens (tertiary/aromatic N) is 3. The number of fused-ring (bicyclic) bond motifs is 1. The average molecular weight is 426 g/mol. The van der Waals surface area contributed by atoms with Crippen molar-refractivity contribution in [1.82, 2.24) is 14.8 Å². The lowest BCUT2D eigenvalue weighted by Crippen LogP contribution is -2.01. The van der Waals surface area contributed by atoms with E-state index in [2.05, 4.69) is 59.2 Å². The second-order valence-electron chi connectivity index (χ2n) is 6.26. The Balaban J connectivity index is 1.65. The summed E-state index contributed by atoms with van der Waals surface area (Å²) < 4.78 is 2.04. The smallest absolute Gasteiger partial charge is 0.192 e. The molecule has 0 atom stereocenters. The first-order valence-electron chi connectivity index (χ1n) is 8.76. The lowest BCUT2D eigenvalue weighted by atomic mass is 10.1. The van der Waals surface area contributed by atoms with Gasteiger partial charge in [-0.2, -0.15) is 0 Å². The molecule has 0 fully saturated rings. The van der Waals surface area contributed by atoms with Crippen molar-refractivity contribution < 1.29 is 0 Å². The molecule has 4 rings (SSSR count). The zero-order chi connectivity index (χ0) is 19.5. The van der Waals surface area contributed by atoms with Crippen molar-refractivity contribution in [2.75, 3.05) is 0 Å². The second kappa shape index (κ2) is 8.39. The van der Waals surface area contributed by atoms with Gasteiger partial charge in [-0.25, -0.2) is 0 Å². The number of allylic oxidation sites excluding steroid dienone is 1. The van der Waals surface area contributed by atoms with Crippen LogP contribution in [0.15, 0.2) is 78.5 Å². The maximum Gasteiger partial charge on any atom is 0.192 e. The molecule has 0 saturated carbocycles. The van der Waals surface area contributed by atoms with Crippen LogP contribution in [0.4, 0.5) is 0 Å². The van der Waals surface area contributed by atoms with Crippen molar-refractivity contribution in [1.29, 1.82) is 0 Å². The van der Waals surface area contributed by atoms with E-state index in [1.807, 2.05) is 22.8 Å². The molecule has 140 valence electrons. The maximum atomic E-state index is 6.18. The number of thioether (sulfide) groups is 1. The molecule has 0 bridgehead atoms. The van der Waals surface area contributed by atoms with Gasteiger partial charge in [-0.1, -0.05) is 83.5 Å². The van der Waals surface area contributed by atoms with E-state index < -0.39 is 0 Å². The van der Waals surface area contributed by atoms with Crippen LogP contribution in [0.25, 0.3) is 22.2 Å². The Hall–Kier alpha value is -2.27. The summed E-state index contributed by atoms with van der Waals surface area (Å²) in [4.78, 5) is 0. The molecule has 0 saturated heterocycles. The molecule has 0 spiro atoms. The molecule has 4 aromatic rings. The molecule has 28 heavy (non-hydrogen) atoms. The molecule has 0 unspecified atom stereocenters. The third-order valence-corrected chi connectivity index (χ3v) is 6.20. The molecule has 1 aromatic heterocycles. The number of aromatic nitrogens is 3. The van der Waals surface area contributed by atoms with Crippen LogP contribution in [0.3, 0.4) is 0 Å². The fourth-order valence-electron chi connectivity index (χ4n) is 3.10. The fraction of sp³-hybridized carbons (Fsp3) is 0.0909. The molecule has 0 N–H and O–H groups in total. The highest BCUT2D eigenvalue weighted by Gasteiger charge is 2.15. The molecule has 1 heterocycles. The Morgan fingerprint density at radius 2 is 1.79 bits per heavy atom. The molecule has 3 aromatic carbocycles. The van der Waals surface area contributed by atoms with Crippen molar-refractivity contribution in [3.8, 4) is 11.4 Å². The molecular formula is C22H17Cl2N3S. The average Bonchev–Trinajstić information content (AvgIpc) is 3.11. The molecule has 0 aliphatic rings. The summed E-state index contributed by atoms with van der Waals surface area (Å²) in [6, 6.07) is 20.3. The monoisotopic (exact) mass is 425 g/mol.